The van der Waals surface area contributed by atoms with Gasteiger partial charge in [-0.3, -0.25) is 4.79 Å². The number of Topliss-reactive ketones (excluding diaryl/α,β-unsaturated/α-hetero) is 1. The molecule has 0 amide bonds. The second kappa shape index (κ2) is 3.93. The third-order valence-corrected chi connectivity index (χ3v) is 2.45. The lowest BCUT2D eigenvalue weighted by Gasteiger charge is -2.12. The highest BCUT2D eigenvalue weighted by atomic mass is 16.5. The van der Waals surface area contributed by atoms with Crippen molar-refractivity contribution < 1.29 is 13.9 Å². The van der Waals surface area contributed by atoms with Gasteiger partial charge in [0, 0.05) is 0 Å². The fourth-order valence-electron chi connectivity index (χ4n) is 1.70. The number of hydrogen-bond acceptors (Lipinski definition) is 3. The van der Waals surface area contributed by atoms with Gasteiger partial charge in [-0.25, -0.2) is 0 Å². The summed E-state index contributed by atoms with van der Waals surface area (Å²) in [5.41, 5.74) is 0.612. The van der Waals surface area contributed by atoms with E-state index in [0.29, 0.717) is 23.7 Å². The monoisotopic (exact) mass is 206 g/mol. The fraction of sp³-hybridized carbons (Fsp3) is 0.417. The molecule has 0 saturated heterocycles. The van der Waals surface area contributed by atoms with E-state index >= 15 is 0 Å². The van der Waals surface area contributed by atoms with Gasteiger partial charge < -0.3 is 9.15 Å². The van der Waals surface area contributed by atoms with Crippen molar-refractivity contribution in [2.75, 3.05) is 6.61 Å². The van der Waals surface area contributed by atoms with Gasteiger partial charge in [-0.1, -0.05) is 0 Å². The maximum Gasteiger partial charge on any atom is 0.230 e. The maximum atomic E-state index is 12.0. The number of rotatable bonds is 2. The Hall–Kier alpha value is -1.51. The van der Waals surface area contributed by atoms with Crippen LogP contribution in [0.25, 0.3) is 0 Å². The SMILES string of the molecule is Cc1cc(C(=O)C2=CCCCO2)c(C)o1. The molecule has 3 nitrogen and oxygen atoms in total. The van der Waals surface area contributed by atoms with Crippen molar-refractivity contribution in [3.8, 4) is 0 Å². The lowest BCUT2D eigenvalue weighted by Crippen LogP contribution is -2.11. The molecule has 3 heteroatoms. The topological polar surface area (TPSA) is 39.4 Å². The van der Waals surface area contributed by atoms with E-state index < -0.39 is 0 Å². The minimum absolute atomic E-state index is 0.0657. The largest absolute Gasteiger partial charge is 0.490 e. The first-order chi connectivity index (χ1) is 7.18. The van der Waals surface area contributed by atoms with Crippen LogP contribution in [0.5, 0.6) is 0 Å². The molecule has 0 radical (unpaired) electrons. The zero-order valence-electron chi connectivity index (χ0n) is 9.00. The van der Waals surface area contributed by atoms with Gasteiger partial charge in [0.1, 0.15) is 11.5 Å². The summed E-state index contributed by atoms with van der Waals surface area (Å²) in [5.74, 6) is 1.81. The number of carbonyl (C=O) groups excluding carboxylic acids is 1. The molecule has 0 atom stereocenters. The van der Waals surface area contributed by atoms with Crippen LogP contribution in [0.3, 0.4) is 0 Å². The Morgan fingerprint density at radius 2 is 2.20 bits per heavy atom. The minimum Gasteiger partial charge on any atom is -0.490 e. The van der Waals surface area contributed by atoms with Crippen LogP contribution in [0.2, 0.25) is 0 Å². The fourth-order valence-corrected chi connectivity index (χ4v) is 1.70. The molecule has 0 bridgehead atoms. The lowest BCUT2D eigenvalue weighted by molar-refractivity contribution is 0.0897. The van der Waals surface area contributed by atoms with Crippen LogP contribution in [0, 0.1) is 13.8 Å². The molecule has 2 heterocycles. The van der Waals surface area contributed by atoms with E-state index in [1.807, 2.05) is 13.0 Å². The van der Waals surface area contributed by atoms with Crippen molar-refractivity contribution in [2.45, 2.75) is 26.7 Å². The van der Waals surface area contributed by atoms with Gasteiger partial charge >= 0.3 is 0 Å². The van der Waals surface area contributed by atoms with Crippen LogP contribution >= 0.6 is 0 Å². The van der Waals surface area contributed by atoms with Gasteiger partial charge in [0.15, 0.2) is 5.76 Å². The average molecular weight is 206 g/mol. The molecule has 15 heavy (non-hydrogen) atoms. The highest BCUT2D eigenvalue weighted by Gasteiger charge is 2.20. The Bertz CT molecular complexity index is 413. The molecular formula is C12H14O3. The van der Waals surface area contributed by atoms with Crippen LogP contribution in [-0.4, -0.2) is 12.4 Å². The molecule has 80 valence electrons. The summed E-state index contributed by atoms with van der Waals surface area (Å²) >= 11 is 0. The zero-order chi connectivity index (χ0) is 10.8. The second-order valence-electron chi connectivity index (χ2n) is 3.72. The summed E-state index contributed by atoms with van der Waals surface area (Å²) in [6, 6.07) is 1.76. The van der Waals surface area contributed by atoms with E-state index in [1.165, 1.54) is 0 Å². The van der Waals surface area contributed by atoms with Gasteiger partial charge in [0.2, 0.25) is 5.78 Å². The van der Waals surface area contributed by atoms with Crippen molar-refractivity contribution in [1.29, 1.82) is 0 Å². The van der Waals surface area contributed by atoms with E-state index in [9.17, 15) is 4.79 Å². The average Bonchev–Trinajstić information content (AvgIpc) is 2.58. The van der Waals surface area contributed by atoms with Crippen LogP contribution in [0.1, 0.15) is 34.7 Å². The molecule has 0 aromatic carbocycles. The molecule has 1 aliphatic rings. The van der Waals surface area contributed by atoms with Crippen molar-refractivity contribution in [2.24, 2.45) is 0 Å². The van der Waals surface area contributed by atoms with Gasteiger partial charge in [-0.2, -0.15) is 0 Å². The normalized spacial score (nSPS) is 15.7. The molecular weight excluding hydrogens is 192 g/mol. The number of aryl methyl sites for hydroxylation is 2. The maximum absolute atomic E-state index is 12.0. The standard InChI is InChI=1S/C12H14O3/c1-8-7-10(9(2)15-8)12(13)11-5-3-4-6-14-11/h5,7H,3-4,6H2,1-2H3. The number of ether oxygens (including phenoxy) is 1. The van der Waals surface area contributed by atoms with E-state index in [4.69, 9.17) is 9.15 Å². The van der Waals surface area contributed by atoms with Gasteiger partial charge in [-0.15, -0.1) is 0 Å². The van der Waals surface area contributed by atoms with Gasteiger partial charge in [0.05, 0.1) is 12.2 Å². The first-order valence-electron chi connectivity index (χ1n) is 5.13. The predicted molar refractivity (Wildman–Crippen MR) is 55.8 cm³/mol. The quantitative estimate of drug-likeness (QED) is 0.698. The number of hydrogen-bond donors (Lipinski definition) is 0. The minimum atomic E-state index is -0.0657. The Kier molecular flexibility index (Phi) is 2.62. The summed E-state index contributed by atoms with van der Waals surface area (Å²) in [6.07, 6.45) is 3.75. The highest BCUT2D eigenvalue weighted by Crippen LogP contribution is 2.20. The summed E-state index contributed by atoms with van der Waals surface area (Å²) in [5, 5.41) is 0. The number of allylic oxidation sites excluding steroid dienone is 2. The Morgan fingerprint density at radius 3 is 2.73 bits per heavy atom. The van der Waals surface area contributed by atoms with Crippen LogP contribution < -0.4 is 0 Å². The summed E-state index contributed by atoms with van der Waals surface area (Å²) < 4.78 is 10.7. The molecule has 0 unspecified atom stereocenters. The third kappa shape index (κ3) is 1.96. The van der Waals surface area contributed by atoms with Crippen molar-refractivity contribution in [1.82, 2.24) is 0 Å². The zero-order valence-corrected chi connectivity index (χ0v) is 9.00. The van der Waals surface area contributed by atoms with Crippen molar-refractivity contribution >= 4 is 5.78 Å². The summed E-state index contributed by atoms with van der Waals surface area (Å²) in [6.45, 7) is 4.26. The second-order valence-corrected chi connectivity index (χ2v) is 3.72. The smallest absolute Gasteiger partial charge is 0.230 e. The van der Waals surface area contributed by atoms with Crippen molar-refractivity contribution in [3.63, 3.8) is 0 Å². The predicted octanol–water partition coefficient (Wildman–Crippen LogP) is 2.77. The molecule has 0 saturated carbocycles. The molecule has 1 aromatic heterocycles. The number of carbonyl (C=O) groups is 1. The van der Waals surface area contributed by atoms with Crippen molar-refractivity contribution in [3.05, 3.63) is 35.0 Å². The molecule has 0 N–H and O–H groups in total. The van der Waals surface area contributed by atoms with E-state index in [-0.39, 0.29) is 5.78 Å². The molecule has 1 aromatic rings. The number of furan rings is 1. The molecule has 2 rings (SSSR count). The number of ketones is 1. The third-order valence-electron chi connectivity index (χ3n) is 2.45. The van der Waals surface area contributed by atoms with E-state index in [2.05, 4.69) is 0 Å². The molecule has 0 spiro atoms. The Labute approximate surface area is 88.7 Å². The van der Waals surface area contributed by atoms with Crippen LogP contribution in [0.4, 0.5) is 0 Å². The first kappa shape index (κ1) is 10.0. The molecule has 0 fully saturated rings. The van der Waals surface area contributed by atoms with Gasteiger partial charge in [-0.05, 0) is 38.8 Å². The Balaban J connectivity index is 2.27. The van der Waals surface area contributed by atoms with Crippen LogP contribution in [-0.2, 0) is 4.74 Å². The van der Waals surface area contributed by atoms with E-state index in [0.717, 1.165) is 18.6 Å². The summed E-state index contributed by atoms with van der Waals surface area (Å²) in [7, 11) is 0. The highest BCUT2D eigenvalue weighted by molar-refractivity contribution is 6.08. The summed E-state index contributed by atoms with van der Waals surface area (Å²) in [4.78, 5) is 12.0. The van der Waals surface area contributed by atoms with Crippen LogP contribution in [0.15, 0.2) is 22.3 Å². The Morgan fingerprint density at radius 1 is 1.40 bits per heavy atom. The molecule has 0 aliphatic carbocycles. The molecule has 1 aliphatic heterocycles. The first-order valence-corrected chi connectivity index (χ1v) is 5.13. The van der Waals surface area contributed by atoms with E-state index in [1.54, 1.807) is 13.0 Å². The van der Waals surface area contributed by atoms with Gasteiger partial charge in [0.25, 0.3) is 0 Å². The lowest BCUT2D eigenvalue weighted by atomic mass is 10.1.